The van der Waals surface area contributed by atoms with Crippen molar-refractivity contribution in [2.24, 2.45) is 5.92 Å². The van der Waals surface area contributed by atoms with Gasteiger partial charge < -0.3 is 15.3 Å². The standard InChI is InChI=1S/C15H22N2O/c1-10-4-3-5-11-13(9-18)12-8-16-7-6-14(12)17(2)15(10)11/h3-5,12-14,16,18H,6-9H2,1-2H3. The van der Waals surface area contributed by atoms with Crippen molar-refractivity contribution in [3.8, 4) is 0 Å². The summed E-state index contributed by atoms with van der Waals surface area (Å²) in [5.41, 5.74) is 4.00. The van der Waals surface area contributed by atoms with Crippen molar-refractivity contribution in [2.75, 3.05) is 31.6 Å². The first-order valence-electron chi connectivity index (χ1n) is 6.88. The lowest BCUT2D eigenvalue weighted by atomic mass is 9.73. The molecule has 1 saturated heterocycles. The number of piperidine rings is 1. The molecule has 0 aromatic heterocycles. The third-order valence-electron chi connectivity index (χ3n) is 4.72. The van der Waals surface area contributed by atoms with Crippen LogP contribution in [0.3, 0.4) is 0 Å². The van der Waals surface area contributed by atoms with Gasteiger partial charge >= 0.3 is 0 Å². The highest BCUT2D eigenvalue weighted by atomic mass is 16.3. The van der Waals surface area contributed by atoms with Crippen molar-refractivity contribution in [3.05, 3.63) is 29.3 Å². The molecule has 2 aliphatic rings. The van der Waals surface area contributed by atoms with Gasteiger partial charge in [-0.1, -0.05) is 18.2 Å². The molecular weight excluding hydrogens is 224 g/mol. The molecular formula is C15H22N2O. The van der Waals surface area contributed by atoms with Crippen molar-refractivity contribution in [2.45, 2.75) is 25.3 Å². The van der Waals surface area contributed by atoms with Gasteiger partial charge in [0.15, 0.2) is 0 Å². The zero-order valence-corrected chi connectivity index (χ0v) is 11.2. The van der Waals surface area contributed by atoms with E-state index in [1.165, 1.54) is 23.2 Å². The minimum Gasteiger partial charge on any atom is -0.396 e. The number of hydrogen-bond acceptors (Lipinski definition) is 3. The van der Waals surface area contributed by atoms with E-state index in [0.29, 0.717) is 12.0 Å². The zero-order chi connectivity index (χ0) is 12.7. The number of rotatable bonds is 1. The fraction of sp³-hybridized carbons (Fsp3) is 0.600. The van der Waals surface area contributed by atoms with Crippen molar-refractivity contribution >= 4 is 5.69 Å². The Balaban J connectivity index is 2.11. The molecule has 3 nitrogen and oxygen atoms in total. The second-order valence-electron chi connectivity index (χ2n) is 5.64. The third-order valence-corrected chi connectivity index (χ3v) is 4.72. The number of nitrogens with one attached hydrogen (secondary N) is 1. The van der Waals surface area contributed by atoms with Crippen LogP contribution in [0.25, 0.3) is 0 Å². The van der Waals surface area contributed by atoms with E-state index in [-0.39, 0.29) is 12.5 Å². The van der Waals surface area contributed by atoms with Gasteiger partial charge in [-0.15, -0.1) is 0 Å². The fourth-order valence-corrected chi connectivity index (χ4v) is 3.85. The lowest BCUT2D eigenvalue weighted by molar-refractivity contribution is 0.178. The Kier molecular flexibility index (Phi) is 3.04. The van der Waals surface area contributed by atoms with Gasteiger partial charge in [-0.3, -0.25) is 0 Å². The summed E-state index contributed by atoms with van der Waals surface area (Å²) in [5, 5.41) is 13.3. The van der Waals surface area contributed by atoms with Crippen LogP contribution in [0.2, 0.25) is 0 Å². The predicted octanol–water partition coefficient (Wildman–Crippen LogP) is 1.50. The molecule has 2 heterocycles. The number of aryl methyl sites for hydroxylation is 1. The molecule has 98 valence electrons. The average molecular weight is 246 g/mol. The van der Waals surface area contributed by atoms with Gasteiger partial charge in [0.2, 0.25) is 0 Å². The lowest BCUT2D eigenvalue weighted by Gasteiger charge is -2.48. The Morgan fingerprint density at radius 2 is 2.28 bits per heavy atom. The number of fused-ring (bicyclic) bond motifs is 2. The third kappa shape index (κ3) is 1.65. The topological polar surface area (TPSA) is 35.5 Å². The van der Waals surface area contributed by atoms with Crippen molar-refractivity contribution in [3.63, 3.8) is 0 Å². The van der Waals surface area contributed by atoms with Crippen LogP contribution in [-0.2, 0) is 0 Å². The Hall–Kier alpha value is -1.06. The number of benzene rings is 1. The van der Waals surface area contributed by atoms with Crippen molar-refractivity contribution in [1.29, 1.82) is 0 Å². The van der Waals surface area contributed by atoms with E-state index in [1.807, 2.05) is 0 Å². The molecule has 0 bridgehead atoms. The van der Waals surface area contributed by atoms with Crippen LogP contribution in [0.15, 0.2) is 18.2 Å². The fourth-order valence-electron chi connectivity index (χ4n) is 3.85. The molecule has 1 fully saturated rings. The summed E-state index contributed by atoms with van der Waals surface area (Å²) in [6.45, 7) is 4.54. The van der Waals surface area contributed by atoms with Crippen LogP contribution in [0.4, 0.5) is 5.69 Å². The highest BCUT2D eigenvalue weighted by molar-refractivity contribution is 5.63. The van der Waals surface area contributed by atoms with Crippen LogP contribution in [0, 0.1) is 12.8 Å². The second kappa shape index (κ2) is 4.56. The minimum atomic E-state index is 0.257. The number of hydrogen-bond donors (Lipinski definition) is 2. The Bertz CT molecular complexity index is 446. The van der Waals surface area contributed by atoms with Crippen molar-refractivity contribution < 1.29 is 5.11 Å². The second-order valence-corrected chi connectivity index (χ2v) is 5.64. The van der Waals surface area contributed by atoms with Crippen LogP contribution >= 0.6 is 0 Å². The molecule has 0 amide bonds. The monoisotopic (exact) mass is 246 g/mol. The van der Waals surface area contributed by atoms with Gasteiger partial charge in [0.25, 0.3) is 0 Å². The minimum absolute atomic E-state index is 0.257. The van der Waals surface area contributed by atoms with Gasteiger partial charge in [-0.25, -0.2) is 0 Å². The van der Waals surface area contributed by atoms with E-state index in [9.17, 15) is 5.11 Å². The van der Waals surface area contributed by atoms with Crippen molar-refractivity contribution in [1.82, 2.24) is 5.32 Å². The smallest absolute Gasteiger partial charge is 0.0504 e. The quantitative estimate of drug-likeness (QED) is 0.788. The molecule has 3 rings (SSSR count). The zero-order valence-electron chi connectivity index (χ0n) is 11.2. The highest BCUT2D eigenvalue weighted by Crippen LogP contribution is 2.44. The number of para-hydroxylation sites is 1. The van der Waals surface area contributed by atoms with Crippen LogP contribution in [0.1, 0.15) is 23.5 Å². The molecule has 1 aromatic carbocycles. The molecule has 2 aliphatic heterocycles. The highest BCUT2D eigenvalue weighted by Gasteiger charge is 2.40. The summed E-state index contributed by atoms with van der Waals surface area (Å²) in [5.74, 6) is 0.817. The molecule has 18 heavy (non-hydrogen) atoms. The predicted molar refractivity (Wildman–Crippen MR) is 74.2 cm³/mol. The van der Waals surface area contributed by atoms with Gasteiger partial charge in [-0.05, 0) is 31.0 Å². The number of anilines is 1. The van der Waals surface area contributed by atoms with E-state index < -0.39 is 0 Å². The largest absolute Gasteiger partial charge is 0.396 e. The molecule has 0 spiro atoms. The summed E-state index contributed by atoms with van der Waals surface area (Å²) >= 11 is 0. The SMILES string of the molecule is Cc1cccc2c1N(C)C1CCNCC1C2CO. The summed E-state index contributed by atoms with van der Waals surface area (Å²) in [6.07, 6.45) is 1.17. The van der Waals surface area contributed by atoms with E-state index in [0.717, 1.165) is 13.1 Å². The number of aliphatic hydroxyl groups is 1. The molecule has 3 heteroatoms. The van der Waals surface area contributed by atoms with Crippen LogP contribution in [-0.4, -0.2) is 37.9 Å². The maximum Gasteiger partial charge on any atom is 0.0504 e. The number of nitrogens with zero attached hydrogens (tertiary/aromatic N) is 1. The molecule has 1 aromatic rings. The first kappa shape index (κ1) is 12.0. The van der Waals surface area contributed by atoms with Gasteiger partial charge in [0.1, 0.15) is 0 Å². The summed E-state index contributed by atoms with van der Waals surface area (Å²) in [6, 6.07) is 7.04. The van der Waals surface area contributed by atoms with E-state index in [2.05, 4.69) is 42.4 Å². The van der Waals surface area contributed by atoms with Gasteiger partial charge in [-0.2, -0.15) is 0 Å². The summed E-state index contributed by atoms with van der Waals surface area (Å²) in [4.78, 5) is 2.45. The molecule has 2 N–H and O–H groups in total. The molecule has 0 aliphatic carbocycles. The van der Waals surface area contributed by atoms with E-state index in [1.54, 1.807) is 0 Å². The summed E-state index contributed by atoms with van der Waals surface area (Å²) in [7, 11) is 2.21. The molecule has 3 unspecified atom stereocenters. The van der Waals surface area contributed by atoms with Crippen LogP contribution in [0.5, 0.6) is 0 Å². The Morgan fingerprint density at radius 3 is 3.06 bits per heavy atom. The van der Waals surface area contributed by atoms with E-state index >= 15 is 0 Å². The maximum atomic E-state index is 9.81. The first-order valence-corrected chi connectivity index (χ1v) is 6.88. The van der Waals surface area contributed by atoms with Gasteiger partial charge in [0.05, 0.1) is 6.61 Å². The molecule has 0 saturated carbocycles. The lowest BCUT2D eigenvalue weighted by Crippen LogP contribution is -2.54. The summed E-state index contributed by atoms with van der Waals surface area (Å²) < 4.78 is 0. The average Bonchev–Trinajstić information content (AvgIpc) is 2.39. The number of aliphatic hydroxyl groups excluding tert-OH is 1. The first-order chi connectivity index (χ1) is 8.74. The maximum absolute atomic E-state index is 9.81. The van der Waals surface area contributed by atoms with Crippen LogP contribution < -0.4 is 10.2 Å². The molecule has 0 radical (unpaired) electrons. The van der Waals surface area contributed by atoms with E-state index in [4.69, 9.17) is 0 Å². The normalized spacial score (nSPS) is 30.8. The Morgan fingerprint density at radius 1 is 1.44 bits per heavy atom. The Labute approximate surface area is 109 Å². The van der Waals surface area contributed by atoms with Gasteiger partial charge in [0, 0.05) is 37.2 Å². The molecule has 3 atom stereocenters.